The molecule has 0 aliphatic carbocycles. The number of rotatable bonds is 5. The van der Waals surface area contributed by atoms with Crippen LogP contribution in [-0.4, -0.2) is 12.5 Å². The van der Waals surface area contributed by atoms with E-state index in [1.807, 2.05) is 30.5 Å². The predicted molar refractivity (Wildman–Crippen MR) is 76.8 cm³/mol. The number of aldehydes is 1. The molecule has 4 heteroatoms. The minimum absolute atomic E-state index is 0.652. The van der Waals surface area contributed by atoms with Crippen LogP contribution in [0.3, 0.4) is 0 Å². The first-order valence-corrected chi connectivity index (χ1v) is 6.98. The van der Waals surface area contributed by atoms with E-state index in [4.69, 9.17) is 23.2 Å². The van der Waals surface area contributed by atoms with Gasteiger partial charge in [0.05, 0.1) is 0 Å². The van der Waals surface area contributed by atoms with Gasteiger partial charge in [0.1, 0.15) is 0 Å². The van der Waals surface area contributed by atoms with Crippen LogP contribution in [0.15, 0.2) is 46.4 Å². The molecule has 0 unspecified atom stereocenters. The average Bonchev–Trinajstić information content (AvgIpc) is 2.34. The molecule has 0 radical (unpaired) electrons. The highest BCUT2D eigenvalue weighted by atomic mass is 35.5. The molecule has 1 aromatic rings. The van der Waals surface area contributed by atoms with Crippen LogP contribution in [0, 0.1) is 0 Å². The highest BCUT2D eigenvalue weighted by Crippen LogP contribution is 2.18. The second-order valence-corrected chi connectivity index (χ2v) is 4.89. The molecule has 0 fully saturated rings. The first-order valence-electron chi connectivity index (χ1n) is 4.94. The Hall–Kier alpha value is -0.700. The molecule has 0 bridgehead atoms. The van der Waals surface area contributed by atoms with Gasteiger partial charge in [-0.15, -0.1) is 11.8 Å². The van der Waals surface area contributed by atoms with Crippen LogP contribution in [0.4, 0.5) is 0 Å². The monoisotopic (exact) mass is 286 g/mol. The van der Waals surface area contributed by atoms with Crippen LogP contribution in [0.25, 0.3) is 0 Å². The van der Waals surface area contributed by atoms with Gasteiger partial charge in [-0.1, -0.05) is 35.3 Å². The molecule has 0 heterocycles. The first kappa shape index (κ1) is 14.4. The number of allylic oxidation sites excluding steroid dienone is 3. The highest BCUT2D eigenvalue weighted by Gasteiger charge is 2.00. The Balaban J connectivity index is 2.85. The predicted octanol–water partition coefficient (Wildman–Crippen LogP) is 4.45. The Morgan fingerprint density at radius 1 is 1.47 bits per heavy atom. The van der Waals surface area contributed by atoms with Crippen LogP contribution in [0.2, 0.25) is 5.02 Å². The first-order chi connectivity index (χ1) is 8.19. The second kappa shape index (κ2) is 7.59. The molecule has 1 aromatic carbocycles. The van der Waals surface area contributed by atoms with Crippen molar-refractivity contribution in [3.8, 4) is 0 Å². The summed E-state index contributed by atoms with van der Waals surface area (Å²) < 4.78 is 0. The van der Waals surface area contributed by atoms with Crippen molar-refractivity contribution in [1.29, 1.82) is 0 Å². The summed E-state index contributed by atoms with van der Waals surface area (Å²) in [6.45, 7) is 0. The zero-order valence-electron chi connectivity index (χ0n) is 9.32. The van der Waals surface area contributed by atoms with Crippen molar-refractivity contribution in [2.45, 2.75) is 6.42 Å². The Bertz CT molecular complexity index is 452. The van der Waals surface area contributed by atoms with Crippen molar-refractivity contribution in [3.63, 3.8) is 0 Å². The van der Waals surface area contributed by atoms with Crippen molar-refractivity contribution >= 4 is 41.2 Å². The van der Waals surface area contributed by atoms with E-state index in [0.29, 0.717) is 16.3 Å². The Kier molecular flexibility index (Phi) is 6.41. The van der Waals surface area contributed by atoms with Gasteiger partial charge in [-0.05, 0) is 42.0 Å². The van der Waals surface area contributed by atoms with Crippen LogP contribution in [-0.2, 0) is 11.2 Å². The standard InChI is InChI=1S/C13H12Cl2OS/c1-17-13(9-16)7-11(8-14)5-10-3-2-4-12(15)6-10/h2-4,6-9H,5H2,1H3/b11-8+,13-7-. The third-order valence-corrected chi connectivity index (χ3v) is 3.32. The molecule has 0 amide bonds. The summed E-state index contributed by atoms with van der Waals surface area (Å²) >= 11 is 13.0. The van der Waals surface area contributed by atoms with E-state index in [9.17, 15) is 4.79 Å². The summed E-state index contributed by atoms with van der Waals surface area (Å²) in [6, 6.07) is 7.57. The molecule has 1 rings (SSSR count). The van der Waals surface area contributed by atoms with Gasteiger partial charge in [-0.2, -0.15) is 0 Å². The van der Waals surface area contributed by atoms with Gasteiger partial charge < -0.3 is 0 Å². The summed E-state index contributed by atoms with van der Waals surface area (Å²) in [5.74, 6) is 0. The van der Waals surface area contributed by atoms with Crippen molar-refractivity contribution in [3.05, 3.63) is 56.9 Å². The maximum atomic E-state index is 10.7. The average molecular weight is 287 g/mol. The molecule has 1 nitrogen and oxygen atoms in total. The smallest absolute Gasteiger partial charge is 0.156 e. The van der Waals surface area contributed by atoms with E-state index in [1.54, 1.807) is 6.08 Å². The lowest BCUT2D eigenvalue weighted by Crippen LogP contribution is -1.89. The number of benzene rings is 1. The number of hydrogen-bond donors (Lipinski definition) is 0. The summed E-state index contributed by atoms with van der Waals surface area (Å²) in [4.78, 5) is 11.4. The van der Waals surface area contributed by atoms with Crippen LogP contribution >= 0.6 is 35.0 Å². The lowest BCUT2D eigenvalue weighted by molar-refractivity contribution is -0.104. The molecule has 0 saturated carbocycles. The van der Waals surface area contributed by atoms with E-state index in [2.05, 4.69) is 0 Å². The molecular weight excluding hydrogens is 275 g/mol. The third kappa shape index (κ3) is 4.99. The fourth-order valence-corrected chi connectivity index (χ4v) is 2.05. The van der Waals surface area contributed by atoms with Crippen LogP contribution in [0.5, 0.6) is 0 Å². The fourth-order valence-electron chi connectivity index (χ4n) is 1.33. The minimum Gasteiger partial charge on any atom is -0.297 e. The largest absolute Gasteiger partial charge is 0.297 e. The minimum atomic E-state index is 0.652. The van der Waals surface area contributed by atoms with E-state index < -0.39 is 0 Å². The lowest BCUT2D eigenvalue weighted by atomic mass is 10.1. The number of thioether (sulfide) groups is 1. The molecule has 0 spiro atoms. The topological polar surface area (TPSA) is 17.1 Å². The zero-order chi connectivity index (χ0) is 12.7. The number of carbonyl (C=O) groups excluding carboxylic acids is 1. The molecule has 0 aliphatic heterocycles. The van der Waals surface area contributed by atoms with Gasteiger partial charge in [0.15, 0.2) is 6.29 Å². The van der Waals surface area contributed by atoms with Crippen molar-refractivity contribution in [2.24, 2.45) is 0 Å². The molecule has 0 atom stereocenters. The molecule has 90 valence electrons. The number of halogens is 2. The van der Waals surface area contributed by atoms with Gasteiger partial charge in [-0.25, -0.2) is 0 Å². The SMILES string of the molecule is CS/C(C=O)=C\C(=C\Cl)Cc1cccc(Cl)c1. The Labute approximate surface area is 115 Å². The lowest BCUT2D eigenvalue weighted by Gasteiger charge is -2.03. The molecule has 0 saturated heterocycles. The van der Waals surface area contributed by atoms with E-state index >= 15 is 0 Å². The Morgan fingerprint density at radius 2 is 2.24 bits per heavy atom. The molecular formula is C13H12Cl2OS. The van der Waals surface area contributed by atoms with Gasteiger partial charge in [0, 0.05) is 15.5 Å². The third-order valence-electron chi connectivity index (χ3n) is 2.12. The van der Waals surface area contributed by atoms with E-state index in [-0.39, 0.29) is 0 Å². The Morgan fingerprint density at radius 3 is 2.76 bits per heavy atom. The van der Waals surface area contributed by atoms with Crippen molar-refractivity contribution in [1.82, 2.24) is 0 Å². The van der Waals surface area contributed by atoms with Crippen LogP contribution in [0.1, 0.15) is 5.56 Å². The van der Waals surface area contributed by atoms with Gasteiger partial charge >= 0.3 is 0 Å². The maximum Gasteiger partial charge on any atom is 0.156 e. The molecule has 0 aromatic heterocycles. The summed E-state index contributed by atoms with van der Waals surface area (Å²) in [7, 11) is 0. The fraction of sp³-hybridized carbons (Fsp3) is 0.154. The second-order valence-electron chi connectivity index (χ2n) is 3.36. The maximum absolute atomic E-state index is 10.7. The van der Waals surface area contributed by atoms with Crippen molar-refractivity contribution in [2.75, 3.05) is 6.26 Å². The van der Waals surface area contributed by atoms with Gasteiger partial charge in [0.2, 0.25) is 0 Å². The highest BCUT2D eigenvalue weighted by molar-refractivity contribution is 8.03. The van der Waals surface area contributed by atoms with Crippen molar-refractivity contribution < 1.29 is 4.79 Å². The molecule has 0 aliphatic rings. The number of hydrogen-bond acceptors (Lipinski definition) is 2. The molecule has 17 heavy (non-hydrogen) atoms. The number of carbonyl (C=O) groups is 1. The summed E-state index contributed by atoms with van der Waals surface area (Å²) in [6.07, 6.45) is 5.11. The van der Waals surface area contributed by atoms with Crippen LogP contribution < -0.4 is 0 Å². The summed E-state index contributed by atoms with van der Waals surface area (Å²) in [5, 5.41) is 0.695. The summed E-state index contributed by atoms with van der Waals surface area (Å²) in [5.41, 5.74) is 3.43. The quantitative estimate of drug-likeness (QED) is 0.452. The van der Waals surface area contributed by atoms with Gasteiger partial charge in [0.25, 0.3) is 0 Å². The molecule has 0 N–H and O–H groups in total. The zero-order valence-corrected chi connectivity index (χ0v) is 11.6. The van der Waals surface area contributed by atoms with E-state index in [0.717, 1.165) is 17.4 Å². The van der Waals surface area contributed by atoms with E-state index in [1.165, 1.54) is 17.3 Å². The normalized spacial score (nSPS) is 12.6. The van der Waals surface area contributed by atoms with Gasteiger partial charge in [-0.3, -0.25) is 4.79 Å².